The number of Topliss-reactive ketones (excluding diaryl/α,β-unsaturated/α-hetero) is 1. The van der Waals surface area contributed by atoms with Gasteiger partial charge in [-0.15, -0.1) is 11.3 Å². The highest BCUT2D eigenvalue weighted by Gasteiger charge is 2.12. The van der Waals surface area contributed by atoms with Crippen molar-refractivity contribution in [3.05, 3.63) is 50.4 Å². The average Bonchev–Trinajstić information content (AvgIpc) is 2.74. The quantitative estimate of drug-likeness (QED) is 0.809. The number of carbonyl (C=O) groups is 1. The van der Waals surface area contributed by atoms with Crippen molar-refractivity contribution in [3.63, 3.8) is 0 Å². The fourth-order valence-electron chi connectivity index (χ4n) is 1.48. The van der Waals surface area contributed by atoms with Crippen LogP contribution in [0.5, 0.6) is 0 Å². The van der Waals surface area contributed by atoms with Crippen LogP contribution < -0.4 is 0 Å². The fraction of sp³-hybridized carbons (Fsp3) is 0.167. The minimum Gasteiger partial charge on any atom is -0.294 e. The summed E-state index contributed by atoms with van der Waals surface area (Å²) in [6, 6.07) is 5.68. The lowest BCUT2D eigenvalue weighted by Crippen LogP contribution is -2.05. The van der Waals surface area contributed by atoms with Gasteiger partial charge in [0.2, 0.25) is 0 Å². The molecule has 0 unspecified atom stereocenters. The summed E-state index contributed by atoms with van der Waals surface area (Å²) in [5.41, 5.74) is 1.76. The van der Waals surface area contributed by atoms with Crippen LogP contribution in [-0.2, 0) is 6.42 Å². The summed E-state index contributed by atoms with van der Waals surface area (Å²) in [7, 11) is 0. The highest BCUT2D eigenvalue weighted by Crippen LogP contribution is 2.21. The van der Waals surface area contributed by atoms with E-state index in [2.05, 4.69) is 20.9 Å². The summed E-state index contributed by atoms with van der Waals surface area (Å²) < 4.78 is 0.970. The summed E-state index contributed by atoms with van der Waals surface area (Å²) in [4.78, 5) is 16.2. The van der Waals surface area contributed by atoms with Gasteiger partial charge in [0, 0.05) is 21.6 Å². The summed E-state index contributed by atoms with van der Waals surface area (Å²) >= 11 is 4.94. The molecule has 0 fully saturated rings. The number of benzene rings is 1. The second-order valence-electron chi connectivity index (χ2n) is 3.44. The van der Waals surface area contributed by atoms with Crippen molar-refractivity contribution in [2.45, 2.75) is 13.3 Å². The van der Waals surface area contributed by atoms with Crippen molar-refractivity contribution in [1.82, 2.24) is 4.98 Å². The van der Waals surface area contributed by atoms with E-state index >= 15 is 0 Å². The molecule has 4 heteroatoms. The first-order valence-electron chi connectivity index (χ1n) is 4.85. The fourth-order valence-corrected chi connectivity index (χ4v) is 2.46. The Morgan fingerprint density at radius 3 is 3.00 bits per heavy atom. The Labute approximate surface area is 106 Å². The average molecular weight is 296 g/mol. The molecule has 0 aliphatic heterocycles. The van der Waals surface area contributed by atoms with E-state index in [4.69, 9.17) is 0 Å². The van der Waals surface area contributed by atoms with Gasteiger partial charge in [0.25, 0.3) is 0 Å². The molecule has 16 heavy (non-hydrogen) atoms. The van der Waals surface area contributed by atoms with Gasteiger partial charge in [0.05, 0.1) is 6.42 Å². The molecule has 0 aliphatic carbocycles. The lowest BCUT2D eigenvalue weighted by molar-refractivity contribution is 0.0992. The van der Waals surface area contributed by atoms with Crippen molar-refractivity contribution >= 4 is 33.0 Å². The van der Waals surface area contributed by atoms with Crippen molar-refractivity contribution in [1.29, 1.82) is 0 Å². The van der Waals surface area contributed by atoms with Crippen LogP contribution in [0.15, 0.2) is 34.2 Å². The van der Waals surface area contributed by atoms with Gasteiger partial charge in [0.1, 0.15) is 5.01 Å². The van der Waals surface area contributed by atoms with Crippen LogP contribution in [0.3, 0.4) is 0 Å². The van der Waals surface area contributed by atoms with Crippen LogP contribution in [0, 0.1) is 6.92 Å². The maximum atomic E-state index is 12.0. The molecule has 0 N–H and O–H groups in total. The monoisotopic (exact) mass is 295 g/mol. The molecule has 0 amide bonds. The van der Waals surface area contributed by atoms with Gasteiger partial charge in [-0.25, -0.2) is 4.98 Å². The molecule has 1 aromatic heterocycles. The number of hydrogen-bond donors (Lipinski definition) is 0. The highest BCUT2D eigenvalue weighted by molar-refractivity contribution is 9.10. The van der Waals surface area contributed by atoms with Crippen LogP contribution >= 0.6 is 27.3 Å². The molecule has 0 aliphatic rings. The van der Waals surface area contributed by atoms with Gasteiger partial charge in [-0.3, -0.25) is 4.79 Å². The molecule has 0 atom stereocenters. The molecule has 0 saturated heterocycles. The van der Waals surface area contributed by atoms with Gasteiger partial charge < -0.3 is 0 Å². The molecule has 0 radical (unpaired) electrons. The topological polar surface area (TPSA) is 30.0 Å². The Bertz CT molecular complexity index is 508. The van der Waals surface area contributed by atoms with E-state index in [0.29, 0.717) is 6.42 Å². The SMILES string of the molecule is Cc1c(Br)cccc1C(=O)Cc1nccs1. The summed E-state index contributed by atoms with van der Waals surface area (Å²) in [5, 5.41) is 2.75. The number of halogens is 1. The van der Waals surface area contributed by atoms with Crippen molar-refractivity contribution in [3.8, 4) is 0 Å². The number of ketones is 1. The lowest BCUT2D eigenvalue weighted by atomic mass is 10.0. The van der Waals surface area contributed by atoms with Gasteiger partial charge >= 0.3 is 0 Å². The molecule has 1 aromatic carbocycles. The normalized spacial score (nSPS) is 10.4. The Morgan fingerprint density at radius 1 is 1.50 bits per heavy atom. The van der Waals surface area contributed by atoms with Crippen molar-refractivity contribution in [2.75, 3.05) is 0 Å². The van der Waals surface area contributed by atoms with Crippen molar-refractivity contribution in [2.24, 2.45) is 0 Å². The third-order valence-electron chi connectivity index (χ3n) is 2.36. The Balaban J connectivity index is 2.24. The molecule has 82 valence electrons. The van der Waals surface area contributed by atoms with Crippen LogP contribution in [0.4, 0.5) is 0 Å². The van der Waals surface area contributed by atoms with Gasteiger partial charge in [-0.2, -0.15) is 0 Å². The zero-order valence-corrected chi connectivity index (χ0v) is 11.1. The zero-order chi connectivity index (χ0) is 11.5. The third kappa shape index (κ3) is 2.39. The van der Waals surface area contributed by atoms with Gasteiger partial charge in [0.15, 0.2) is 5.78 Å². The van der Waals surface area contributed by atoms with E-state index in [-0.39, 0.29) is 5.78 Å². The molecule has 0 saturated carbocycles. The number of hydrogen-bond acceptors (Lipinski definition) is 3. The second kappa shape index (κ2) is 4.89. The standard InChI is InChI=1S/C12H10BrNOS/c1-8-9(3-2-4-10(8)13)11(15)7-12-14-5-6-16-12/h2-6H,7H2,1H3. The smallest absolute Gasteiger partial charge is 0.169 e. The number of aromatic nitrogens is 1. The number of nitrogens with zero attached hydrogens (tertiary/aromatic N) is 1. The number of thiazole rings is 1. The van der Waals surface area contributed by atoms with Gasteiger partial charge in [-0.1, -0.05) is 28.1 Å². The van der Waals surface area contributed by atoms with E-state index in [0.717, 1.165) is 20.6 Å². The molecule has 2 nitrogen and oxygen atoms in total. The Morgan fingerprint density at radius 2 is 2.31 bits per heavy atom. The predicted molar refractivity (Wildman–Crippen MR) is 69.0 cm³/mol. The Hall–Kier alpha value is -1.00. The van der Waals surface area contributed by atoms with E-state index in [1.807, 2.05) is 30.5 Å². The van der Waals surface area contributed by atoms with E-state index in [1.165, 1.54) is 11.3 Å². The molecule has 1 heterocycles. The third-order valence-corrected chi connectivity index (χ3v) is 4.00. The minimum absolute atomic E-state index is 0.119. The van der Waals surface area contributed by atoms with E-state index < -0.39 is 0 Å². The summed E-state index contributed by atoms with van der Waals surface area (Å²) in [6.07, 6.45) is 2.11. The molecule has 0 bridgehead atoms. The van der Waals surface area contributed by atoms with Crippen LogP contribution in [0.2, 0.25) is 0 Å². The second-order valence-corrected chi connectivity index (χ2v) is 5.27. The van der Waals surface area contributed by atoms with Crippen LogP contribution in [0.25, 0.3) is 0 Å². The zero-order valence-electron chi connectivity index (χ0n) is 8.74. The molecular formula is C12H10BrNOS. The molecule has 2 aromatic rings. The Kier molecular flexibility index (Phi) is 3.51. The summed E-state index contributed by atoms with van der Waals surface area (Å²) in [6.45, 7) is 1.94. The first-order chi connectivity index (χ1) is 7.68. The van der Waals surface area contributed by atoms with Crippen molar-refractivity contribution < 1.29 is 4.79 Å². The lowest BCUT2D eigenvalue weighted by Gasteiger charge is -2.05. The van der Waals surface area contributed by atoms with Crippen LogP contribution in [-0.4, -0.2) is 10.8 Å². The van der Waals surface area contributed by atoms with E-state index in [9.17, 15) is 4.79 Å². The minimum atomic E-state index is 0.119. The van der Waals surface area contributed by atoms with Crippen LogP contribution in [0.1, 0.15) is 20.9 Å². The largest absolute Gasteiger partial charge is 0.294 e. The molecule has 2 rings (SSSR count). The maximum absolute atomic E-state index is 12.0. The predicted octanol–water partition coefficient (Wildman–Crippen LogP) is 3.64. The maximum Gasteiger partial charge on any atom is 0.169 e. The molecule has 0 spiro atoms. The first kappa shape index (κ1) is 11.5. The summed E-state index contributed by atoms with van der Waals surface area (Å²) in [5.74, 6) is 0.119. The van der Waals surface area contributed by atoms with Gasteiger partial charge in [-0.05, 0) is 18.6 Å². The molecular weight excluding hydrogens is 286 g/mol. The first-order valence-corrected chi connectivity index (χ1v) is 6.52. The number of carbonyl (C=O) groups excluding carboxylic acids is 1. The highest BCUT2D eigenvalue weighted by atomic mass is 79.9. The number of rotatable bonds is 3. The van der Waals surface area contributed by atoms with E-state index in [1.54, 1.807) is 6.20 Å².